The van der Waals surface area contributed by atoms with Gasteiger partial charge in [0.2, 0.25) is 5.78 Å². The van der Waals surface area contributed by atoms with Gasteiger partial charge in [0.25, 0.3) is 5.91 Å². The average molecular weight is 512 g/mol. The molecule has 0 bridgehead atoms. The molecule has 1 unspecified atom stereocenters. The van der Waals surface area contributed by atoms with Crippen LogP contribution in [0.5, 0.6) is 11.5 Å². The highest BCUT2D eigenvalue weighted by molar-refractivity contribution is 6.20. The molecule has 5 rings (SSSR count). The lowest BCUT2D eigenvalue weighted by Gasteiger charge is -2.27. The highest BCUT2D eigenvalue weighted by Gasteiger charge is 2.45. The first-order valence-electron chi connectivity index (χ1n) is 12.5. The SMILES string of the molecule is COc1cccc2cc(C(=O)C3=C(O)C(=O)N(c4cccc(C)c4)C3c3cccc(OCC(C)C)c3)oc12. The summed E-state index contributed by atoms with van der Waals surface area (Å²) in [4.78, 5) is 28.9. The number of methoxy groups -OCH3 is 1. The fourth-order valence-corrected chi connectivity index (χ4v) is 4.68. The van der Waals surface area contributed by atoms with Crippen LogP contribution in [0.15, 0.2) is 88.5 Å². The Hall–Kier alpha value is -4.52. The maximum Gasteiger partial charge on any atom is 0.294 e. The number of aliphatic hydroxyl groups is 1. The van der Waals surface area contributed by atoms with E-state index in [0.29, 0.717) is 46.2 Å². The quantitative estimate of drug-likeness (QED) is 0.269. The Kier molecular flexibility index (Phi) is 6.68. The molecule has 1 atom stereocenters. The number of hydrogen-bond acceptors (Lipinski definition) is 6. The van der Waals surface area contributed by atoms with E-state index in [1.165, 1.54) is 12.0 Å². The number of ketones is 1. The summed E-state index contributed by atoms with van der Waals surface area (Å²) in [7, 11) is 1.52. The number of fused-ring (bicyclic) bond motifs is 1. The summed E-state index contributed by atoms with van der Waals surface area (Å²) in [6.07, 6.45) is 0. The number of carbonyl (C=O) groups is 2. The number of nitrogens with zero attached hydrogens (tertiary/aromatic N) is 1. The van der Waals surface area contributed by atoms with Gasteiger partial charge in [-0.25, -0.2) is 0 Å². The van der Waals surface area contributed by atoms with Gasteiger partial charge in [0.1, 0.15) is 5.75 Å². The van der Waals surface area contributed by atoms with Gasteiger partial charge < -0.3 is 19.0 Å². The van der Waals surface area contributed by atoms with Crippen LogP contribution in [0.1, 0.15) is 41.6 Å². The van der Waals surface area contributed by atoms with E-state index in [2.05, 4.69) is 13.8 Å². The highest BCUT2D eigenvalue weighted by atomic mass is 16.5. The van der Waals surface area contributed by atoms with E-state index < -0.39 is 23.5 Å². The molecule has 38 heavy (non-hydrogen) atoms. The number of Topliss-reactive ketones (excluding diaryl/α,β-unsaturated/α-hetero) is 1. The van der Waals surface area contributed by atoms with Crippen molar-refractivity contribution in [1.82, 2.24) is 0 Å². The fraction of sp³-hybridized carbons (Fsp3) is 0.226. The summed E-state index contributed by atoms with van der Waals surface area (Å²) >= 11 is 0. The topological polar surface area (TPSA) is 89.2 Å². The molecule has 1 aliphatic heterocycles. The Morgan fingerprint density at radius 1 is 1.05 bits per heavy atom. The summed E-state index contributed by atoms with van der Waals surface area (Å²) in [5, 5.41) is 11.8. The predicted octanol–water partition coefficient (Wildman–Crippen LogP) is 6.57. The molecule has 7 heteroatoms. The Morgan fingerprint density at radius 3 is 2.55 bits per heavy atom. The molecule has 0 radical (unpaired) electrons. The van der Waals surface area contributed by atoms with E-state index in [-0.39, 0.29) is 11.3 Å². The maximum absolute atomic E-state index is 13.9. The molecule has 1 aromatic heterocycles. The minimum Gasteiger partial charge on any atom is -0.503 e. The molecule has 0 spiro atoms. The normalized spacial score (nSPS) is 15.6. The number of amides is 1. The van der Waals surface area contributed by atoms with Crippen molar-refractivity contribution in [3.05, 3.63) is 101 Å². The molecule has 3 aromatic carbocycles. The van der Waals surface area contributed by atoms with Gasteiger partial charge in [-0.05, 0) is 60.4 Å². The van der Waals surface area contributed by atoms with Crippen LogP contribution >= 0.6 is 0 Å². The van der Waals surface area contributed by atoms with Crippen LogP contribution < -0.4 is 14.4 Å². The van der Waals surface area contributed by atoms with Crippen molar-refractivity contribution in [2.24, 2.45) is 5.92 Å². The summed E-state index contributed by atoms with van der Waals surface area (Å²) in [5.41, 5.74) is 2.48. The van der Waals surface area contributed by atoms with Gasteiger partial charge in [0.05, 0.1) is 25.3 Å². The van der Waals surface area contributed by atoms with Gasteiger partial charge in [0.15, 0.2) is 22.9 Å². The molecular formula is C31H29NO6. The summed E-state index contributed by atoms with van der Waals surface area (Å²) in [5.74, 6) is -0.435. The van der Waals surface area contributed by atoms with E-state index in [4.69, 9.17) is 13.9 Å². The second kappa shape index (κ2) is 10.1. The molecule has 1 amide bonds. The summed E-state index contributed by atoms with van der Waals surface area (Å²) in [6.45, 7) is 6.54. The lowest BCUT2D eigenvalue weighted by Crippen LogP contribution is -2.31. The second-order valence-electron chi connectivity index (χ2n) is 9.77. The van der Waals surface area contributed by atoms with Crippen molar-refractivity contribution < 1.29 is 28.6 Å². The van der Waals surface area contributed by atoms with Crippen molar-refractivity contribution >= 4 is 28.3 Å². The van der Waals surface area contributed by atoms with Crippen LogP contribution in [-0.4, -0.2) is 30.5 Å². The van der Waals surface area contributed by atoms with E-state index >= 15 is 0 Å². The van der Waals surface area contributed by atoms with Crippen molar-refractivity contribution in [3.8, 4) is 11.5 Å². The number of aryl methyl sites for hydroxylation is 1. The Balaban J connectivity index is 1.64. The first-order chi connectivity index (χ1) is 18.3. The molecule has 1 N–H and O–H groups in total. The van der Waals surface area contributed by atoms with E-state index in [1.54, 1.807) is 36.4 Å². The number of carbonyl (C=O) groups excluding carboxylic acids is 2. The molecule has 1 aliphatic rings. The van der Waals surface area contributed by atoms with Gasteiger partial charge >= 0.3 is 0 Å². The highest BCUT2D eigenvalue weighted by Crippen LogP contribution is 2.43. The molecule has 7 nitrogen and oxygen atoms in total. The van der Waals surface area contributed by atoms with E-state index in [1.807, 2.05) is 43.3 Å². The van der Waals surface area contributed by atoms with Crippen LogP contribution in [0.3, 0.4) is 0 Å². The van der Waals surface area contributed by atoms with Crippen LogP contribution in [-0.2, 0) is 4.79 Å². The number of para-hydroxylation sites is 1. The minimum atomic E-state index is -0.894. The summed E-state index contributed by atoms with van der Waals surface area (Å²) < 4.78 is 17.2. The van der Waals surface area contributed by atoms with Gasteiger partial charge in [-0.2, -0.15) is 0 Å². The lowest BCUT2D eigenvalue weighted by atomic mass is 9.94. The van der Waals surface area contributed by atoms with Crippen LogP contribution in [0, 0.1) is 12.8 Å². The van der Waals surface area contributed by atoms with Gasteiger partial charge in [-0.1, -0.05) is 50.2 Å². The molecule has 0 aliphatic carbocycles. The number of benzene rings is 3. The first-order valence-corrected chi connectivity index (χ1v) is 12.5. The van der Waals surface area contributed by atoms with Crippen LogP contribution in [0.25, 0.3) is 11.0 Å². The molecule has 2 heterocycles. The minimum absolute atomic E-state index is 0.00200. The van der Waals surface area contributed by atoms with Gasteiger partial charge in [-0.3, -0.25) is 14.5 Å². The number of furan rings is 1. The smallest absolute Gasteiger partial charge is 0.294 e. The number of ether oxygens (including phenoxy) is 2. The van der Waals surface area contributed by atoms with Crippen molar-refractivity contribution in [3.63, 3.8) is 0 Å². The monoisotopic (exact) mass is 511 g/mol. The predicted molar refractivity (Wildman–Crippen MR) is 145 cm³/mol. The maximum atomic E-state index is 13.9. The fourth-order valence-electron chi connectivity index (χ4n) is 4.68. The molecule has 194 valence electrons. The number of aliphatic hydroxyl groups excluding tert-OH is 1. The third kappa shape index (κ3) is 4.52. The molecule has 0 saturated carbocycles. The number of hydrogen-bond donors (Lipinski definition) is 1. The molecule has 0 fully saturated rings. The molecule has 0 saturated heterocycles. The first kappa shape index (κ1) is 25.1. The number of anilines is 1. The Bertz CT molecular complexity index is 1560. The largest absolute Gasteiger partial charge is 0.503 e. The second-order valence-corrected chi connectivity index (χ2v) is 9.77. The average Bonchev–Trinajstić information content (AvgIpc) is 3.46. The van der Waals surface area contributed by atoms with Gasteiger partial charge in [0, 0.05) is 11.1 Å². The third-order valence-electron chi connectivity index (χ3n) is 6.44. The van der Waals surface area contributed by atoms with E-state index in [9.17, 15) is 14.7 Å². The van der Waals surface area contributed by atoms with E-state index in [0.717, 1.165) is 5.56 Å². The lowest BCUT2D eigenvalue weighted by molar-refractivity contribution is -0.117. The van der Waals surface area contributed by atoms with Gasteiger partial charge in [-0.15, -0.1) is 0 Å². The van der Waals surface area contributed by atoms with Crippen LogP contribution in [0.4, 0.5) is 5.69 Å². The number of rotatable bonds is 8. The Labute approximate surface area is 220 Å². The standard InChI is InChI=1S/C31H29NO6/c1-18(2)17-37-23-12-6-9-20(15-23)27-26(29(34)31(35)32(27)22-11-5-8-19(3)14-22)28(33)25-16-21-10-7-13-24(36-4)30(21)38-25/h5-16,18,27,34H,17H2,1-4H3. The Morgan fingerprint density at radius 2 is 1.82 bits per heavy atom. The molecule has 4 aromatic rings. The zero-order chi connectivity index (χ0) is 27.0. The molecular weight excluding hydrogens is 482 g/mol. The van der Waals surface area contributed by atoms with Crippen molar-refractivity contribution in [1.29, 1.82) is 0 Å². The third-order valence-corrected chi connectivity index (χ3v) is 6.44. The summed E-state index contributed by atoms with van der Waals surface area (Å²) in [6, 6.07) is 20.7. The zero-order valence-corrected chi connectivity index (χ0v) is 21.7. The van der Waals surface area contributed by atoms with Crippen LogP contribution in [0.2, 0.25) is 0 Å². The van der Waals surface area contributed by atoms with Crippen molar-refractivity contribution in [2.75, 3.05) is 18.6 Å². The zero-order valence-electron chi connectivity index (χ0n) is 21.7. The van der Waals surface area contributed by atoms with Crippen molar-refractivity contribution in [2.45, 2.75) is 26.8 Å².